The van der Waals surface area contributed by atoms with Crippen LogP contribution < -0.4 is 24.4 Å². The SMILES string of the molecule is CCN1CC(CN(C)CC(=O)Nc2ccc3c(c2)OCO3)Oc2ccccc21. The Bertz CT molecular complexity index is 857. The molecule has 1 unspecified atom stereocenters. The molecule has 0 fully saturated rings. The molecule has 148 valence electrons. The Morgan fingerprint density at radius 2 is 2.00 bits per heavy atom. The molecule has 2 aliphatic heterocycles. The van der Waals surface area contributed by atoms with Gasteiger partial charge in [-0.1, -0.05) is 12.1 Å². The summed E-state index contributed by atoms with van der Waals surface area (Å²) in [5, 5.41) is 2.91. The molecule has 2 aliphatic rings. The van der Waals surface area contributed by atoms with Gasteiger partial charge in [0, 0.05) is 24.8 Å². The summed E-state index contributed by atoms with van der Waals surface area (Å²) in [5.74, 6) is 2.18. The zero-order chi connectivity index (χ0) is 19.5. The third kappa shape index (κ3) is 3.99. The maximum atomic E-state index is 12.4. The van der Waals surface area contributed by atoms with Crippen LogP contribution in [0.5, 0.6) is 17.2 Å². The molecule has 7 heteroatoms. The summed E-state index contributed by atoms with van der Waals surface area (Å²) < 4.78 is 16.8. The Morgan fingerprint density at radius 1 is 1.18 bits per heavy atom. The summed E-state index contributed by atoms with van der Waals surface area (Å²) in [6, 6.07) is 13.5. The number of nitrogens with zero attached hydrogens (tertiary/aromatic N) is 2. The third-order valence-corrected chi connectivity index (χ3v) is 4.89. The summed E-state index contributed by atoms with van der Waals surface area (Å²) in [6.07, 6.45) is 0.0122. The van der Waals surface area contributed by atoms with Gasteiger partial charge in [0.15, 0.2) is 11.5 Å². The van der Waals surface area contributed by atoms with E-state index in [2.05, 4.69) is 23.2 Å². The Balaban J connectivity index is 1.32. The molecule has 0 radical (unpaired) electrons. The second kappa shape index (κ2) is 7.98. The van der Waals surface area contributed by atoms with Gasteiger partial charge in [-0.25, -0.2) is 0 Å². The van der Waals surface area contributed by atoms with E-state index in [1.54, 1.807) is 12.1 Å². The summed E-state index contributed by atoms with van der Waals surface area (Å²) in [6.45, 7) is 5.03. The fourth-order valence-corrected chi connectivity index (χ4v) is 3.61. The quantitative estimate of drug-likeness (QED) is 0.827. The number of benzene rings is 2. The van der Waals surface area contributed by atoms with Gasteiger partial charge < -0.3 is 24.4 Å². The molecular formula is C21H25N3O4. The predicted molar refractivity (Wildman–Crippen MR) is 107 cm³/mol. The molecule has 4 rings (SSSR count). The van der Waals surface area contributed by atoms with Gasteiger partial charge in [0.2, 0.25) is 12.7 Å². The molecule has 0 aliphatic carbocycles. The van der Waals surface area contributed by atoms with Crippen molar-refractivity contribution in [3.8, 4) is 17.2 Å². The van der Waals surface area contributed by atoms with Crippen LogP contribution >= 0.6 is 0 Å². The van der Waals surface area contributed by atoms with Gasteiger partial charge in [0.25, 0.3) is 0 Å². The normalized spacial score (nSPS) is 17.2. The van der Waals surface area contributed by atoms with Crippen LogP contribution in [0.4, 0.5) is 11.4 Å². The number of amides is 1. The minimum absolute atomic E-state index is 0.0122. The number of carbonyl (C=O) groups excluding carboxylic acids is 1. The molecule has 28 heavy (non-hydrogen) atoms. The highest BCUT2D eigenvalue weighted by molar-refractivity contribution is 5.92. The van der Waals surface area contributed by atoms with Gasteiger partial charge in [-0.2, -0.15) is 0 Å². The third-order valence-electron chi connectivity index (χ3n) is 4.89. The van der Waals surface area contributed by atoms with Crippen molar-refractivity contribution in [3.63, 3.8) is 0 Å². The predicted octanol–water partition coefficient (Wildman–Crippen LogP) is 2.57. The second-order valence-corrected chi connectivity index (χ2v) is 7.06. The number of carbonyl (C=O) groups is 1. The van der Waals surface area contributed by atoms with Crippen LogP contribution in [0.3, 0.4) is 0 Å². The molecular weight excluding hydrogens is 358 g/mol. The van der Waals surface area contributed by atoms with E-state index < -0.39 is 0 Å². The first kappa shape index (κ1) is 18.4. The molecule has 2 aromatic carbocycles. The van der Waals surface area contributed by atoms with E-state index in [4.69, 9.17) is 14.2 Å². The first-order chi connectivity index (χ1) is 13.6. The van der Waals surface area contributed by atoms with Gasteiger partial charge in [-0.3, -0.25) is 9.69 Å². The van der Waals surface area contributed by atoms with Crippen molar-refractivity contribution in [2.24, 2.45) is 0 Å². The first-order valence-electron chi connectivity index (χ1n) is 9.51. The minimum Gasteiger partial charge on any atom is -0.485 e. The van der Waals surface area contributed by atoms with Gasteiger partial charge in [-0.15, -0.1) is 0 Å². The van der Waals surface area contributed by atoms with Crippen molar-refractivity contribution in [3.05, 3.63) is 42.5 Å². The molecule has 0 saturated heterocycles. The van der Waals surface area contributed by atoms with Gasteiger partial charge in [-0.05, 0) is 38.2 Å². The lowest BCUT2D eigenvalue weighted by atomic mass is 10.2. The van der Waals surface area contributed by atoms with Crippen LogP contribution in [-0.4, -0.2) is 56.9 Å². The Kier molecular flexibility index (Phi) is 5.25. The van der Waals surface area contributed by atoms with Crippen molar-refractivity contribution in [1.29, 1.82) is 0 Å². The number of anilines is 2. The number of hydrogen-bond donors (Lipinski definition) is 1. The maximum absolute atomic E-state index is 12.4. The van der Waals surface area contributed by atoms with Gasteiger partial charge in [0.05, 0.1) is 18.8 Å². The number of fused-ring (bicyclic) bond motifs is 2. The highest BCUT2D eigenvalue weighted by Gasteiger charge is 2.26. The Hall–Kier alpha value is -2.93. The molecule has 2 aromatic rings. The van der Waals surface area contributed by atoms with E-state index in [-0.39, 0.29) is 25.3 Å². The van der Waals surface area contributed by atoms with Crippen molar-refractivity contribution < 1.29 is 19.0 Å². The zero-order valence-electron chi connectivity index (χ0n) is 16.2. The largest absolute Gasteiger partial charge is 0.485 e. The topological polar surface area (TPSA) is 63.3 Å². The molecule has 0 aromatic heterocycles. The van der Waals surface area contributed by atoms with Crippen molar-refractivity contribution in [2.45, 2.75) is 13.0 Å². The maximum Gasteiger partial charge on any atom is 0.238 e. The standard InChI is InChI=1S/C21H25N3O4/c1-3-24-12-16(28-18-7-5-4-6-17(18)24)11-23(2)13-21(25)22-15-8-9-19-20(10-15)27-14-26-19/h4-10,16H,3,11-14H2,1-2H3,(H,22,25). The molecule has 2 heterocycles. The Labute approximate surface area is 164 Å². The van der Waals surface area contributed by atoms with Crippen LogP contribution in [0.1, 0.15) is 6.92 Å². The molecule has 7 nitrogen and oxygen atoms in total. The van der Waals surface area contributed by atoms with E-state index in [1.807, 2.05) is 36.2 Å². The summed E-state index contributed by atoms with van der Waals surface area (Å²) >= 11 is 0. The van der Waals surface area contributed by atoms with E-state index >= 15 is 0 Å². The average Bonchev–Trinajstić information content (AvgIpc) is 3.14. The van der Waals surface area contributed by atoms with Crippen LogP contribution in [-0.2, 0) is 4.79 Å². The summed E-state index contributed by atoms with van der Waals surface area (Å²) in [7, 11) is 1.93. The number of ether oxygens (including phenoxy) is 3. The number of hydrogen-bond acceptors (Lipinski definition) is 6. The zero-order valence-corrected chi connectivity index (χ0v) is 16.2. The van der Waals surface area contributed by atoms with Gasteiger partial charge in [0.1, 0.15) is 11.9 Å². The number of nitrogens with one attached hydrogen (secondary N) is 1. The molecule has 0 bridgehead atoms. The van der Waals surface area contributed by atoms with E-state index in [1.165, 1.54) is 0 Å². The average molecular weight is 383 g/mol. The monoisotopic (exact) mass is 383 g/mol. The van der Waals surface area contributed by atoms with Crippen LogP contribution in [0, 0.1) is 0 Å². The van der Waals surface area contributed by atoms with Crippen LogP contribution in [0.15, 0.2) is 42.5 Å². The molecule has 1 atom stereocenters. The summed E-state index contributed by atoms with van der Waals surface area (Å²) in [5.41, 5.74) is 1.83. The van der Waals surface area contributed by atoms with E-state index in [0.29, 0.717) is 23.7 Å². The van der Waals surface area contributed by atoms with Crippen LogP contribution in [0.2, 0.25) is 0 Å². The second-order valence-electron chi connectivity index (χ2n) is 7.06. The van der Waals surface area contributed by atoms with Crippen LogP contribution in [0.25, 0.3) is 0 Å². The lowest BCUT2D eigenvalue weighted by Gasteiger charge is -2.37. The fourth-order valence-electron chi connectivity index (χ4n) is 3.61. The van der Waals surface area contributed by atoms with Gasteiger partial charge >= 0.3 is 0 Å². The highest BCUT2D eigenvalue weighted by atomic mass is 16.7. The smallest absolute Gasteiger partial charge is 0.238 e. The highest BCUT2D eigenvalue weighted by Crippen LogP contribution is 2.34. The van der Waals surface area contributed by atoms with E-state index in [9.17, 15) is 4.79 Å². The number of likely N-dealkylation sites (N-methyl/N-ethyl adjacent to an activating group) is 2. The van der Waals surface area contributed by atoms with Crippen molar-refractivity contribution in [2.75, 3.05) is 50.2 Å². The first-order valence-corrected chi connectivity index (χ1v) is 9.51. The fraction of sp³-hybridized carbons (Fsp3) is 0.381. The molecule has 1 N–H and O–H groups in total. The molecule has 0 spiro atoms. The number of rotatable bonds is 6. The molecule has 0 saturated carbocycles. The van der Waals surface area contributed by atoms with Crippen molar-refractivity contribution in [1.82, 2.24) is 4.90 Å². The lowest BCUT2D eigenvalue weighted by Crippen LogP contribution is -2.46. The molecule has 1 amide bonds. The summed E-state index contributed by atoms with van der Waals surface area (Å²) in [4.78, 5) is 16.7. The lowest BCUT2D eigenvalue weighted by molar-refractivity contribution is -0.117. The van der Waals surface area contributed by atoms with Crippen molar-refractivity contribution >= 4 is 17.3 Å². The Morgan fingerprint density at radius 3 is 2.86 bits per heavy atom. The minimum atomic E-state index is -0.0788. The van der Waals surface area contributed by atoms with E-state index in [0.717, 1.165) is 24.5 Å². The number of para-hydroxylation sites is 2.